The summed E-state index contributed by atoms with van der Waals surface area (Å²) in [7, 11) is 0. The summed E-state index contributed by atoms with van der Waals surface area (Å²) < 4.78 is 11.8. The molecule has 0 fully saturated rings. The molecule has 1 aromatic rings. The molecular formula is C18H30O2. The van der Waals surface area contributed by atoms with Crippen molar-refractivity contribution in [3.8, 4) is 11.5 Å². The van der Waals surface area contributed by atoms with Crippen LogP contribution in [0.1, 0.15) is 59.8 Å². The molecule has 1 rings (SSSR count). The smallest absolute Gasteiger partial charge is 0.123 e. The first-order valence-corrected chi connectivity index (χ1v) is 8.09. The van der Waals surface area contributed by atoms with Crippen molar-refractivity contribution in [2.24, 2.45) is 5.92 Å². The Kier molecular flexibility index (Phi) is 8.17. The summed E-state index contributed by atoms with van der Waals surface area (Å²) in [4.78, 5) is 0. The van der Waals surface area contributed by atoms with E-state index in [1.807, 2.05) is 24.3 Å². The highest BCUT2D eigenvalue weighted by atomic mass is 16.5. The zero-order valence-electron chi connectivity index (χ0n) is 13.5. The summed E-state index contributed by atoms with van der Waals surface area (Å²) in [6, 6.07) is 8.01. The van der Waals surface area contributed by atoms with Crippen molar-refractivity contribution in [1.82, 2.24) is 0 Å². The molecule has 1 atom stereocenters. The Balaban J connectivity index is 2.52. The van der Waals surface area contributed by atoms with Crippen molar-refractivity contribution in [3.05, 3.63) is 24.3 Å². The normalized spacial score (nSPS) is 12.4. The van der Waals surface area contributed by atoms with Crippen LogP contribution in [0.3, 0.4) is 0 Å². The van der Waals surface area contributed by atoms with Crippen LogP contribution in [-0.2, 0) is 0 Å². The summed E-state index contributed by atoms with van der Waals surface area (Å²) in [6.45, 7) is 9.51. The molecule has 0 bridgehead atoms. The number of benzene rings is 1. The van der Waals surface area contributed by atoms with Gasteiger partial charge in [0.05, 0.1) is 12.7 Å². The number of hydrogen-bond donors (Lipinski definition) is 0. The molecule has 0 aromatic heterocycles. The van der Waals surface area contributed by atoms with Crippen LogP contribution in [0.15, 0.2) is 24.3 Å². The summed E-state index contributed by atoms with van der Waals surface area (Å²) >= 11 is 0. The number of rotatable bonds is 10. The van der Waals surface area contributed by atoms with E-state index in [2.05, 4.69) is 27.7 Å². The maximum Gasteiger partial charge on any atom is 0.123 e. The molecule has 0 spiro atoms. The van der Waals surface area contributed by atoms with Gasteiger partial charge in [0.2, 0.25) is 0 Å². The van der Waals surface area contributed by atoms with Crippen molar-refractivity contribution in [3.63, 3.8) is 0 Å². The van der Waals surface area contributed by atoms with Crippen LogP contribution in [0.5, 0.6) is 11.5 Å². The maximum absolute atomic E-state index is 5.95. The Hall–Kier alpha value is -1.18. The molecule has 0 radical (unpaired) electrons. The fourth-order valence-corrected chi connectivity index (χ4v) is 2.29. The van der Waals surface area contributed by atoms with Crippen LogP contribution in [0.2, 0.25) is 0 Å². The molecule has 2 heteroatoms. The molecular weight excluding hydrogens is 248 g/mol. The SMILES string of the molecule is CCCC(CCC)COc1cccc(O[C@H](C)CC)c1. The van der Waals surface area contributed by atoms with Crippen molar-refractivity contribution >= 4 is 0 Å². The second-order valence-corrected chi connectivity index (χ2v) is 5.57. The highest BCUT2D eigenvalue weighted by molar-refractivity contribution is 5.33. The second-order valence-electron chi connectivity index (χ2n) is 5.57. The minimum atomic E-state index is 0.248. The van der Waals surface area contributed by atoms with Crippen molar-refractivity contribution in [2.75, 3.05) is 6.61 Å². The summed E-state index contributed by atoms with van der Waals surface area (Å²) in [5.74, 6) is 2.49. The van der Waals surface area contributed by atoms with Crippen molar-refractivity contribution in [1.29, 1.82) is 0 Å². The van der Waals surface area contributed by atoms with Crippen LogP contribution in [0, 0.1) is 5.92 Å². The van der Waals surface area contributed by atoms with Gasteiger partial charge in [-0.1, -0.05) is 39.7 Å². The van der Waals surface area contributed by atoms with E-state index in [1.54, 1.807) is 0 Å². The standard InChI is InChI=1S/C18H30O2/c1-5-9-16(10-6-2)14-19-17-11-8-12-18(13-17)20-15(4)7-3/h8,11-13,15-16H,5-7,9-10,14H2,1-4H3/t15-/m1/s1. The highest BCUT2D eigenvalue weighted by Gasteiger charge is 2.08. The molecule has 0 unspecified atom stereocenters. The van der Waals surface area contributed by atoms with Crippen LogP contribution >= 0.6 is 0 Å². The molecule has 0 aliphatic rings. The lowest BCUT2D eigenvalue weighted by Gasteiger charge is -2.17. The number of hydrogen-bond acceptors (Lipinski definition) is 2. The van der Waals surface area contributed by atoms with Gasteiger partial charge in [-0.2, -0.15) is 0 Å². The largest absolute Gasteiger partial charge is 0.493 e. The van der Waals surface area contributed by atoms with Gasteiger partial charge >= 0.3 is 0 Å². The van der Waals surface area contributed by atoms with E-state index >= 15 is 0 Å². The summed E-state index contributed by atoms with van der Waals surface area (Å²) in [5.41, 5.74) is 0. The predicted octanol–water partition coefficient (Wildman–Crippen LogP) is 5.46. The second kappa shape index (κ2) is 9.68. The first kappa shape index (κ1) is 16.9. The molecule has 0 N–H and O–H groups in total. The van der Waals surface area contributed by atoms with Gasteiger partial charge in [0.1, 0.15) is 11.5 Å². The predicted molar refractivity (Wildman–Crippen MR) is 85.6 cm³/mol. The Morgan fingerprint density at radius 3 is 2.25 bits per heavy atom. The molecule has 0 amide bonds. The van der Waals surface area contributed by atoms with E-state index in [0.717, 1.165) is 24.5 Å². The van der Waals surface area contributed by atoms with E-state index < -0.39 is 0 Å². The van der Waals surface area contributed by atoms with Gasteiger partial charge in [0.15, 0.2) is 0 Å². The third-order valence-electron chi connectivity index (χ3n) is 3.60. The Labute approximate surface area is 124 Å². The van der Waals surface area contributed by atoms with E-state index in [0.29, 0.717) is 5.92 Å². The third-order valence-corrected chi connectivity index (χ3v) is 3.60. The molecule has 0 heterocycles. The minimum Gasteiger partial charge on any atom is -0.493 e. The highest BCUT2D eigenvalue weighted by Crippen LogP contribution is 2.23. The third kappa shape index (κ3) is 6.31. The summed E-state index contributed by atoms with van der Waals surface area (Å²) in [5, 5.41) is 0. The van der Waals surface area contributed by atoms with Gasteiger partial charge in [0, 0.05) is 6.07 Å². The van der Waals surface area contributed by atoms with Crippen LogP contribution in [0.25, 0.3) is 0 Å². The fourth-order valence-electron chi connectivity index (χ4n) is 2.29. The average Bonchev–Trinajstić information content (AvgIpc) is 2.45. The molecule has 2 nitrogen and oxygen atoms in total. The zero-order chi connectivity index (χ0) is 14.8. The van der Waals surface area contributed by atoms with Gasteiger partial charge in [0.25, 0.3) is 0 Å². The molecule has 1 aromatic carbocycles. The lowest BCUT2D eigenvalue weighted by molar-refractivity contribution is 0.211. The van der Waals surface area contributed by atoms with Gasteiger partial charge in [-0.25, -0.2) is 0 Å². The average molecular weight is 278 g/mol. The molecule has 0 saturated carbocycles. The maximum atomic E-state index is 5.95. The molecule has 0 aliphatic heterocycles. The van der Waals surface area contributed by atoms with Gasteiger partial charge in [-0.05, 0) is 44.2 Å². The van der Waals surface area contributed by atoms with Gasteiger partial charge in [-0.3, -0.25) is 0 Å². The Morgan fingerprint density at radius 2 is 1.65 bits per heavy atom. The zero-order valence-corrected chi connectivity index (χ0v) is 13.5. The monoisotopic (exact) mass is 278 g/mol. The molecule has 0 saturated heterocycles. The minimum absolute atomic E-state index is 0.248. The van der Waals surface area contributed by atoms with Gasteiger partial charge < -0.3 is 9.47 Å². The molecule has 114 valence electrons. The lowest BCUT2D eigenvalue weighted by atomic mass is 9.99. The lowest BCUT2D eigenvalue weighted by Crippen LogP contribution is -2.12. The Morgan fingerprint density at radius 1 is 1.00 bits per heavy atom. The van der Waals surface area contributed by atoms with Gasteiger partial charge in [-0.15, -0.1) is 0 Å². The molecule has 0 aliphatic carbocycles. The van der Waals surface area contributed by atoms with E-state index in [-0.39, 0.29) is 6.10 Å². The first-order valence-electron chi connectivity index (χ1n) is 8.09. The first-order chi connectivity index (χ1) is 9.69. The Bertz CT molecular complexity index is 356. The van der Waals surface area contributed by atoms with E-state index in [4.69, 9.17) is 9.47 Å². The van der Waals surface area contributed by atoms with Crippen LogP contribution in [-0.4, -0.2) is 12.7 Å². The number of ether oxygens (including phenoxy) is 2. The van der Waals surface area contributed by atoms with Crippen LogP contribution < -0.4 is 9.47 Å². The fraction of sp³-hybridized carbons (Fsp3) is 0.667. The topological polar surface area (TPSA) is 18.5 Å². The van der Waals surface area contributed by atoms with Crippen molar-refractivity contribution < 1.29 is 9.47 Å². The van der Waals surface area contributed by atoms with Crippen molar-refractivity contribution in [2.45, 2.75) is 65.9 Å². The van der Waals surface area contributed by atoms with E-state index in [1.165, 1.54) is 25.7 Å². The molecule has 20 heavy (non-hydrogen) atoms. The quantitative estimate of drug-likeness (QED) is 0.566. The van der Waals surface area contributed by atoms with Crippen LogP contribution in [0.4, 0.5) is 0 Å². The summed E-state index contributed by atoms with van der Waals surface area (Å²) in [6.07, 6.45) is 6.21. The van der Waals surface area contributed by atoms with E-state index in [9.17, 15) is 0 Å².